The zero-order valence-electron chi connectivity index (χ0n) is 8.71. The average molecular weight is 237 g/mol. The van der Waals surface area contributed by atoms with Crippen LogP contribution in [0.4, 0.5) is 13.2 Å². The van der Waals surface area contributed by atoms with Crippen molar-refractivity contribution in [3.63, 3.8) is 0 Å². The third-order valence-electron chi connectivity index (χ3n) is 2.12. The molecule has 1 nitrogen and oxygen atoms in total. The topological polar surface area (TPSA) is 9.23 Å². The van der Waals surface area contributed by atoms with Crippen LogP contribution in [0.15, 0.2) is 36.4 Å². The molecule has 0 fully saturated rings. The quantitative estimate of drug-likeness (QED) is 0.794. The fourth-order valence-electron chi connectivity index (χ4n) is 1.29. The minimum Gasteiger partial charge on any atom is -0.488 e. The Balaban J connectivity index is 2.05. The van der Waals surface area contributed by atoms with E-state index < -0.39 is 17.5 Å². The Bertz CT molecular complexity index is 526. The van der Waals surface area contributed by atoms with Crippen molar-refractivity contribution in [2.75, 3.05) is 0 Å². The molecule has 2 aromatic rings. The molecule has 4 heteroatoms. The van der Waals surface area contributed by atoms with Gasteiger partial charge in [0.25, 0.3) is 0 Å². The second-order valence-corrected chi connectivity index (χ2v) is 3.41. The SMILES string of the molecule is Fc1cc[c]c(OCc2ccc(F)c(F)c2)c1. The van der Waals surface area contributed by atoms with E-state index in [0.717, 1.165) is 12.1 Å². The van der Waals surface area contributed by atoms with Gasteiger partial charge in [-0.25, -0.2) is 13.2 Å². The Kier molecular flexibility index (Phi) is 3.32. The highest BCUT2D eigenvalue weighted by Gasteiger charge is 2.03. The molecule has 0 N–H and O–H groups in total. The van der Waals surface area contributed by atoms with Crippen LogP contribution in [0.1, 0.15) is 5.56 Å². The summed E-state index contributed by atoms with van der Waals surface area (Å²) < 4.78 is 43.5. The van der Waals surface area contributed by atoms with Crippen molar-refractivity contribution >= 4 is 0 Å². The van der Waals surface area contributed by atoms with E-state index in [4.69, 9.17) is 4.74 Å². The van der Waals surface area contributed by atoms with Gasteiger partial charge in [0.1, 0.15) is 18.2 Å². The maximum absolute atomic E-state index is 12.9. The monoisotopic (exact) mass is 237 g/mol. The molecule has 0 saturated carbocycles. The summed E-state index contributed by atoms with van der Waals surface area (Å²) in [7, 11) is 0. The van der Waals surface area contributed by atoms with Gasteiger partial charge in [-0.05, 0) is 29.8 Å². The first-order valence-corrected chi connectivity index (χ1v) is 4.89. The zero-order chi connectivity index (χ0) is 12.3. The molecule has 2 aromatic carbocycles. The number of ether oxygens (including phenoxy) is 1. The summed E-state index contributed by atoms with van der Waals surface area (Å²) in [6.07, 6.45) is 0. The number of hydrogen-bond donors (Lipinski definition) is 0. The van der Waals surface area contributed by atoms with Crippen molar-refractivity contribution in [3.05, 3.63) is 65.5 Å². The van der Waals surface area contributed by atoms with E-state index in [-0.39, 0.29) is 12.4 Å². The van der Waals surface area contributed by atoms with Crippen LogP contribution < -0.4 is 4.74 Å². The van der Waals surface area contributed by atoms with Crippen LogP contribution in [0, 0.1) is 23.5 Å². The van der Waals surface area contributed by atoms with Crippen LogP contribution >= 0.6 is 0 Å². The largest absolute Gasteiger partial charge is 0.488 e. The van der Waals surface area contributed by atoms with Crippen LogP contribution in [-0.4, -0.2) is 0 Å². The van der Waals surface area contributed by atoms with Gasteiger partial charge in [0, 0.05) is 12.1 Å². The molecular formula is C13H8F3O. The Labute approximate surface area is 96.5 Å². The number of hydrogen-bond acceptors (Lipinski definition) is 1. The lowest BCUT2D eigenvalue weighted by Gasteiger charge is -2.06. The van der Waals surface area contributed by atoms with Gasteiger partial charge in [-0.15, -0.1) is 0 Å². The lowest BCUT2D eigenvalue weighted by atomic mass is 10.2. The Morgan fingerprint density at radius 2 is 1.82 bits per heavy atom. The summed E-state index contributed by atoms with van der Waals surface area (Å²) in [5, 5.41) is 0. The molecular weight excluding hydrogens is 229 g/mol. The molecule has 2 rings (SSSR count). The lowest BCUT2D eigenvalue weighted by molar-refractivity contribution is 0.303. The van der Waals surface area contributed by atoms with E-state index in [1.807, 2.05) is 0 Å². The summed E-state index contributed by atoms with van der Waals surface area (Å²) in [6.45, 7) is 0.0250. The first kappa shape index (κ1) is 11.5. The number of rotatable bonds is 3. The standard InChI is InChI=1S/C13H8F3O/c14-10-2-1-3-11(7-10)17-8-9-4-5-12(15)13(16)6-9/h1-2,4-7H,8H2. The Morgan fingerprint density at radius 1 is 1.00 bits per heavy atom. The molecule has 0 spiro atoms. The van der Waals surface area contributed by atoms with Gasteiger partial charge in [-0.3, -0.25) is 0 Å². The molecule has 0 aliphatic heterocycles. The molecule has 87 valence electrons. The van der Waals surface area contributed by atoms with Crippen LogP contribution in [-0.2, 0) is 6.61 Å². The number of halogens is 3. The predicted molar refractivity (Wildman–Crippen MR) is 55.9 cm³/mol. The van der Waals surface area contributed by atoms with E-state index in [1.165, 1.54) is 24.3 Å². The van der Waals surface area contributed by atoms with Crippen molar-refractivity contribution in [1.82, 2.24) is 0 Å². The predicted octanol–water partition coefficient (Wildman–Crippen LogP) is 3.48. The molecule has 0 bridgehead atoms. The first-order valence-electron chi connectivity index (χ1n) is 4.89. The summed E-state index contributed by atoms with van der Waals surface area (Å²) in [4.78, 5) is 0. The molecule has 0 unspecified atom stereocenters. The van der Waals surface area contributed by atoms with Gasteiger partial charge in [-0.2, -0.15) is 0 Å². The van der Waals surface area contributed by atoms with Crippen LogP contribution in [0.2, 0.25) is 0 Å². The van der Waals surface area contributed by atoms with E-state index >= 15 is 0 Å². The molecule has 0 atom stereocenters. The van der Waals surface area contributed by atoms with Gasteiger partial charge >= 0.3 is 0 Å². The van der Waals surface area contributed by atoms with Gasteiger partial charge in [0.05, 0.1) is 0 Å². The van der Waals surface area contributed by atoms with E-state index in [9.17, 15) is 13.2 Å². The summed E-state index contributed by atoms with van der Waals surface area (Å²) in [5.41, 5.74) is 0.460. The fourth-order valence-corrected chi connectivity index (χ4v) is 1.29. The van der Waals surface area contributed by atoms with Crippen LogP contribution in [0.5, 0.6) is 5.75 Å². The van der Waals surface area contributed by atoms with Crippen LogP contribution in [0.3, 0.4) is 0 Å². The maximum atomic E-state index is 12.9. The van der Waals surface area contributed by atoms with Gasteiger partial charge < -0.3 is 4.74 Å². The summed E-state index contributed by atoms with van der Waals surface area (Å²) >= 11 is 0. The molecule has 0 saturated heterocycles. The number of benzene rings is 2. The highest BCUT2D eigenvalue weighted by Crippen LogP contribution is 2.14. The summed E-state index contributed by atoms with van der Waals surface area (Å²) in [6, 6.07) is 9.92. The molecule has 0 aromatic heterocycles. The van der Waals surface area contributed by atoms with E-state index in [1.54, 1.807) is 0 Å². The second-order valence-electron chi connectivity index (χ2n) is 3.41. The third kappa shape index (κ3) is 3.00. The Morgan fingerprint density at radius 3 is 2.53 bits per heavy atom. The molecule has 0 aliphatic carbocycles. The van der Waals surface area contributed by atoms with E-state index in [0.29, 0.717) is 5.56 Å². The Hall–Kier alpha value is -1.97. The second kappa shape index (κ2) is 4.91. The molecule has 0 aliphatic rings. The third-order valence-corrected chi connectivity index (χ3v) is 2.12. The highest BCUT2D eigenvalue weighted by atomic mass is 19.2. The molecule has 0 amide bonds. The average Bonchev–Trinajstić information content (AvgIpc) is 2.31. The molecule has 17 heavy (non-hydrogen) atoms. The smallest absolute Gasteiger partial charge is 0.159 e. The first-order chi connectivity index (χ1) is 8.15. The minimum atomic E-state index is -0.936. The van der Waals surface area contributed by atoms with Gasteiger partial charge in [0.15, 0.2) is 11.6 Å². The zero-order valence-corrected chi connectivity index (χ0v) is 8.71. The fraction of sp³-hybridized carbons (Fsp3) is 0.0769. The highest BCUT2D eigenvalue weighted by molar-refractivity contribution is 5.22. The van der Waals surface area contributed by atoms with Crippen molar-refractivity contribution in [1.29, 1.82) is 0 Å². The van der Waals surface area contributed by atoms with E-state index in [2.05, 4.69) is 6.07 Å². The normalized spacial score (nSPS) is 10.3. The van der Waals surface area contributed by atoms with Gasteiger partial charge in [-0.1, -0.05) is 6.07 Å². The molecule has 1 radical (unpaired) electrons. The van der Waals surface area contributed by atoms with Crippen molar-refractivity contribution in [2.45, 2.75) is 6.61 Å². The van der Waals surface area contributed by atoms with Crippen molar-refractivity contribution in [3.8, 4) is 5.75 Å². The lowest BCUT2D eigenvalue weighted by Crippen LogP contribution is -1.97. The van der Waals surface area contributed by atoms with Crippen LogP contribution in [0.25, 0.3) is 0 Å². The van der Waals surface area contributed by atoms with Crippen molar-refractivity contribution < 1.29 is 17.9 Å². The van der Waals surface area contributed by atoms with Crippen molar-refractivity contribution in [2.24, 2.45) is 0 Å². The molecule has 0 heterocycles. The van der Waals surface area contributed by atoms with Gasteiger partial charge in [0.2, 0.25) is 0 Å². The summed E-state index contributed by atoms with van der Waals surface area (Å²) in [5.74, 6) is -2.07. The minimum absolute atomic E-state index is 0.0250. The maximum Gasteiger partial charge on any atom is 0.159 e.